The molecule has 6 heteroatoms. The number of likely N-dealkylation sites (N-methyl/N-ethyl adjacent to an activating group) is 2. The van der Waals surface area contributed by atoms with Crippen LogP contribution < -0.4 is 16.0 Å². The third-order valence-electron chi connectivity index (χ3n) is 4.01. The summed E-state index contributed by atoms with van der Waals surface area (Å²) in [6, 6.07) is 4.76. The van der Waals surface area contributed by atoms with E-state index in [9.17, 15) is 4.39 Å². The summed E-state index contributed by atoms with van der Waals surface area (Å²) in [7, 11) is 5.64. The zero-order valence-electron chi connectivity index (χ0n) is 12.3. The van der Waals surface area contributed by atoms with Crippen molar-refractivity contribution in [3.63, 3.8) is 0 Å². The molecular weight excluding hydrogens is 259 g/mol. The van der Waals surface area contributed by atoms with E-state index in [1.807, 2.05) is 7.05 Å². The van der Waals surface area contributed by atoms with E-state index in [0.29, 0.717) is 11.3 Å². The van der Waals surface area contributed by atoms with Gasteiger partial charge >= 0.3 is 0 Å². The minimum absolute atomic E-state index is 0.127. The Hall–Kier alpha value is -1.21. The monoisotopic (exact) mass is 282 g/mol. The van der Waals surface area contributed by atoms with Crippen molar-refractivity contribution in [3.8, 4) is 5.75 Å². The number of nitrogens with one attached hydrogen (secondary N) is 1. The van der Waals surface area contributed by atoms with Crippen molar-refractivity contribution in [2.75, 3.05) is 40.8 Å². The first-order valence-electron chi connectivity index (χ1n) is 6.75. The molecule has 20 heavy (non-hydrogen) atoms. The lowest BCUT2D eigenvalue weighted by Crippen LogP contribution is -2.56. The fourth-order valence-electron chi connectivity index (χ4n) is 2.70. The van der Waals surface area contributed by atoms with Crippen LogP contribution in [0.15, 0.2) is 18.2 Å². The summed E-state index contributed by atoms with van der Waals surface area (Å²) in [5.74, 6) is 5.90. The van der Waals surface area contributed by atoms with Crippen LogP contribution in [0, 0.1) is 5.82 Å². The molecule has 0 bridgehead atoms. The SMILES string of the molecule is COc1ccc(C(NN)C2CN(C)CCN2C)c(F)c1. The molecule has 1 aromatic rings. The highest BCUT2D eigenvalue weighted by Crippen LogP contribution is 2.27. The van der Waals surface area contributed by atoms with Gasteiger partial charge in [-0.25, -0.2) is 4.39 Å². The van der Waals surface area contributed by atoms with Crippen LogP contribution in [-0.2, 0) is 0 Å². The zero-order chi connectivity index (χ0) is 14.7. The highest BCUT2D eigenvalue weighted by Gasteiger charge is 2.31. The number of rotatable bonds is 4. The van der Waals surface area contributed by atoms with Crippen molar-refractivity contribution in [1.82, 2.24) is 15.2 Å². The Morgan fingerprint density at radius 1 is 1.40 bits per heavy atom. The van der Waals surface area contributed by atoms with Crippen LogP contribution >= 0.6 is 0 Å². The van der Waals surface area contributed by atoms with Crippen LogP contribution in [0.5, 0.6) is 5.75 Å². The van der Waals surface area contributed by atoms with Gasteiger partial charge in [-0.1, -0.05) is 6.07 Å². The first-order chi connectivity index (χ1) is 9.56. The van der Waals surface area contributed by atoms with Gasteiger partial charge in [-0.2, -0.15) is 0 Å². The molecule has 1 aromatic carbocycles. The molecule has 1 saturated heterocycles. The second kappa shape index (κ2) is 6.49. The molecule has 1 fully saturated rings. The van der Waals surface area contributed by atoms with Gasteiger partial charge in [-0.05, 0) is 20.2 Å². The van der Waals surface area contributed by atoms with E-state index in [2.05, 4.69) is 22.3 Å². The fraction of sp³-hybridized carbons (Fsp3) is 0.571. The van der Waals surface area contributed by atoms with Crippen molar-refractivity contribution >= 4 is 0 Å². The van der Waals surface area contributed by atoms with Gasteiger partial charge in [0.05, 0.1) is 13.2 Å². The van der Waals surface area contributed by atoms with E-state index >= 15 is 0 Å². The van der Waals surface area contributed by atoms with Gasteiger partial charge in [0.25, 0.3) is 0 Å². The summed E-state index contributed by atoms with van der Waals surface area (Å²) in [4.78, 5) is 4.45. The number of benzene rings is 1. The average Bonchev–Trinajstić information content (AvgIpc) is 2.44. The highest BCUT2D eigenvalue weighted by atomic mass is 19.1. The number of hydrogen-bond acceptors (Lipinski definition) is 5. The number of nitrogens with zero attached hydrogens (tertiary/aromatic N) is 2. The molecule has 2 atom stereocenters. The largest absolute Gasteiger partial charge is 0.497 e. The number of nitrogens with two attached hydrogens (primary N) is 1. The Morgan fingerprint density at radius 3 is 2.75 bits per heavy atom. The van der Waals surface area contributed by atoms with Crippen LogP contribution in [0.4, 0.5) is 4.39 Å². The number of ether oxygens (including phenoxy) is 1. The second-order valence-electron chi connectivity index (χ2n) is 5.34. The number of methoxy groups -OCH3 is 1. The lowest BCUT2D eigenvalue weighted by Gasteiger charge is -2.41. The smallest absolute Gasteiger partial charge is 0.131 e. The van der Waals surface area contributed by atoms with Gasteiger partial charge in [0, 0.05) is 37.3 Å². The zero-order valence-corrected chi connectivity index (χ0v) is 12.3. The van der Waals surface area contributed by atoms with E-state index in [4.69, 9.17) is 10.6 Å². The summed E-state index contributed by atoms with van der Waals surface area (Å²) >= 11 is 0. The third kappa shape index (κ3) is 3.09. The first-order valence-corrected chi connectivity index (χ1v) is 6.75. The topological polar surface area (TPSA) is 53.8 Å². The number of hydrogen-bond donors (Lipinski definition) is 2. The molecule has 5 nitrogen and oxygen atoms in total. The number of piperazine rings is 1. The molecule has 0 aromatic heterocycles. The van der Waals surface area contributed by atoms with Gasteiger partial charge in [0.1, 0.15) is 11.6 Å². The van der Waals surface area contributed by atoms with Crippen LogP contribution in [0.1, 0.15) is 11.6 Å². The van der Waals surface area contributed by atoms with Crippen LogP contribution in [0.3, 0.4) is 0 Å². The van der Waals surface area contributed by atoms with Gasteiger partial charge < -0.3 is 9.64 Å². The molecule has 2 rings (SSSR count). The molecule has 1 aliphatic heterocycles. The molecule has 0 spiro atoms. The molecule has 112 valence electrons. The van der Waals surface area contributed by atoms with E-state index in [0.717, 1.165) is 19.6 Å². The summed E-state index contributed by atoms with van der Waals surface area (Å²) in [5, 5.41) is 0. The standard InChI is InChI=1S/C14H23FN4O/c1-18-6-7-19(2)13(9-18)14(17-16)11-5-4-10(20-3)8-12(11)15/h4-5,8,13-14,17H,6-7,9,16H2,1-3H3. The van der Waals surface area contributed by atoms with E-state index in [1.54, 1.807) is 12.1 Å². The molecule has 0 radical (unpaired) electrons. The lowest BCUT2D eigenvalue weighted by molar-refractivity contribution is 0.0867. The van der Waals surface area contributed by atoms with Crippen LogP contribution in [0.25, 0.3) is 0 Å². The van der Waals surface area contributed by atoms with E-state index < -0.39 is 0 Å². The minimum atomic E-state index is -0.297. The predicted molar refractivity (Wildman–Crippen MR) is 76.9 cm³/mol. The molecule has 1 heterocycles. The number of halogens is 1. The lowest BCUT2D eigenvalue weighted by atomic mass is 9.96. The molecule has 3 N–H and O–H groups in total. The van der Waals surface area contributed by atoms with Gasteiger partial charge in [0.15, 0.2) is 0 Å². The summed E-state index contributed by atoms with van der Waals surface area (Å²) in [6.45, 7) is 2.79. The van der Waals surface area contributed by atoms with Crippen LogP contribution in [0.2, 0.25) is 0 Å². The van der Waals surface area contributed by atoms with Gasteiger partial charge in [-0.15, -0.1) is 0 Å². The molecule has 0 saturated carbocycles. The molecule has 1 aliphatic rings. The summed E-state index contributed by atoms with van der Waals surface area (Å²) in [5.41, 5.74) is 3.34. The van der Waals surface area contributed by atoms with Crippen LogP contribution in [-0.4, -0.2) is 56.7 Å². The Bertz CT molecular complexity index is 457. The highest BCUT2D eigenvalue weighted by molar-refractivity contribution is 5.31. The minimum Gasteiger partial charge on any atom is -0.497 e. The van der Waals surface area contributed by atoms with Crippen molar-refractivity contribution < 1.29 is 9.13 Å². The Kier molecular flexibility index (Phi) is 4.93. The molecule has 2 unspecified atom stereocenters. The second-order valence-corrected chi connectivity index (χ2v) is 5.34. The third-order valence-corrected chi connectivity index (χ3v) is 4.01. The van der Waals surface area contributed by atoms with E-state index in [-0.39, 0.29) is 17.9 Å². The van der Waals surface area contributed by atoms with Gasteiger partial charge in [-0.3, -0.25) is 16.2 Å². The summed E-state index contributed by atoms with van der Waals surface area (Å²) in [6.07, 6.45) is 0. The maximum Gasteiger partial charge on any atom is 0.131 e. The van der Waals surface area contributed by atoms with Crippen molar-refractivity contribution in [2.45, 2.75) is 12.1 Å². The maximum absolute atomic E-state index is 14.2. The quantitative estimate of drug-likeness (QED) is 0.625. The normalized spacial score (nSPS) is 22.8. The first kappa shape index (κ1) is 15.2. The molecular formula is C14H23FN4O. The average molecular weight is 282 g/mol. The summed E-state index contributed by atoms with van der Waals surface area (Å²) < 4.78 is 19.3. The Labute approximate surface area is 119 Å². The Balaban J connectivity index is 2.27. The number of hydrazine groups is 1. The molecule has 0 aliphatic carbocycles. The maximum atomic E-state index is 14.2. The predicted octanol–water partition coefficient (Wildman–Crippen LogP) is 0.585. The van der Waals surface area contributed by atoms with Crippen molar-refractivity contribution in [1.29, 1.82) is 0 Å². The van der Waals surface area contributed by atoms with Gasteiger partial charge in [0.2, 0.25) is 0 Å². The van der Waals surface area contributed by atoms with Crippen molar-refractivity contribution in [3.05, 3.63) is 29.6 Å². The van der Waals surface area contributed by atoms with E-state index in [1.165, 1.54) is 13.2 Å². The molecule has 0 amide bonds. The Morgan fingerprint density at radius 2 is 2.15 bits per heavy atom. The fourth-order valence-corrected chi connectivity index (χ4v) is 2.70. The van der Waals surface area contributed by atoms with Crippen molar-refractivity contribution in [2.24, 2.45) is 5.84 Å².